The second-order valence-corrected chi connectivity index (χ2v) is 10.2. The van der Waals surface area contributed by atoms with Crippen LogP contribution in [0.15, 0.2) is 64.0 Å². The van der Waals surface area contributed by atoms with E-state index in [4.69, 9.17) is 19.5 Å². The number of rotatable bonds is 5. The Bertz CT molecular complexity index is 1010. The van der Waals surface area contributed by atoms with E-state index in [0.717, 1.165) is 88.4 Å². The Balaban J connectivity index is 1.33. The van der Waals surface area contributed by atoms with Crippen LogP contribution >= 0.6 is 0 Å². The number of aliphatic imine (C=N–C) groups is 2. The number of guanidine groups is 1. The van der Waals surface area contributed by atoms with Gasteiger partial charge < -0.3 is 24.6 Å². The number of methoxy groups -OCH3 is 2. The van der Waals surface area contributed by atoms with Crippen molar-refractivity contribution in [3.05, 3.63) is 59.6 Å². The van der Waals surface area contributed by atoms with Crippen LogP contribution < -0.4 is 5.32 Å². The number of hydrogen-bond donors (Lipinski definition) is 1. The fourth-order valence-electron chi connectivity index (χ4n) is 5.53. The highest BCUT2D eigenvalue weighted by Gasteiger charge is 2.36. The van der Waals surface area contributed by atoms with E-state index in [-0.39, 0.29) is 12.0 Å². The Morgan fingerprint density at radius 1 is 0.944 bits per heavy atom. The maximum atomic E-state index is 5.64. The van der Waals surface area contributed by atoms with Gasteiger partial charge in [0.15, 0.2) is 17.5 Å². The highest BCUT2D eigenvalue weighted by atomic mass is 16.5. The van der Waals surface area contributed by atoms with Crippen LogP contribution in [0.2, 0.25) is 0 Å². The zero-order chi connectivity index (χ0) is 24.9. The first-order valence-electron chi connectivity index (χ1n) is 13.3. The zero-order valence-corrected chi connectivity index (χ0v) is 21.9. The van der Waals surface area contributed by atoms with Crippen LogP contribution in [0.4, 0.5) is 0 Å². The molecular formula is C28H40N6O2. The molecule has 1 N–H and O–H groups in total. The van der Waals surface area contributed by atoms with Crippen LogP contribution in [-0.4, -0.2) is 99.1 Å². The van der Waals surface area contributed by atoms with Crippen molar-refractivity contribution in [3.8, 4) is 0 Å². The first-order chi connectivity index (χ1) is 17.6. The number of fused-ring (bicyclic) bond motifs is 1. The van der Waals surface area contributed by atoms with Gasteiger partial charge in [0.1, 0.15) is 5.84 Å². The lowest BCUT2D eigenvalue weighted by Gasteiger charge is -2.37. The smallest absolute Gasteiger partial charge is 0.200 e. The van der Waals surface area contributed by atoms with E-state index in [1.165, 1.54) is 5.56 Å². The fraction of sp³-hybridized carbons (Fsp3) is 0.571. The number of benzene rings is 1. The van der Waals surface area contributed by atoms with Crippen molar-refractivity contribution in [2.75, 3.05) is 60.5 Å². The molecule has 0 bridgehead atoms. The number of piperidine rings is 1. The Kier molecular flexibility index (Phi) is 7.92. The summed E-state index contributed by atoms with van der Waals surface area (Å²) in [5.41, 5.74) is 1.38. The summed E-state index contributed by atoms with van der Waals surface area (Å²) in [7, 11) is 5.57. The van der Waals surface area contributed by atoms with Gasteiger partial charge in [-0.3, -0.25) is 9.89 Å². The Hall–Kier alpha value is -2.84. The van der Waals surface area contributed by atoms with E-state index in [9.17, 15) is 0 Å². The van der Waals surface area contributed by atoms with Gasteiger partial charge in [0.2, 0.25) is 0 Å². The van der Waals surface area contributed by atoms with E-state index < -0.39 is 0 Å². The summed E-state index contributed by atoms with van der Waals surface area (Å²) in [5, 5.41) is 3.66. The monoisotopic (exact) mass is 492 g/mol. The van der Waals surface area contributed by atoms with E-state index in [1.807, 2.05) is 0 Å². The molecule has 1 aliphatic carbocycles. The van der Waals surface area contributed by atoms with Crippen LogP contribution in [-0.2, 0) is 16.0 Å². The topological polar surface area (TPSA) is 64.9 Å². The summed E-state index contributed by atoms with van der Waals surface area (Å²) in [4.78, 5) is 17.8. The average molecular weight is 493 g/mol. The van der Waals surface area contributed by atoms with Crippen molar-refractivity contribution in [2.45, 2.75) is 37.9 Å². The van der Waals surface area contributed by atoms with Gasteiger partial charge in [0, 0.05) is 39.3 Å². The van der Waals surface area contributed by atoms with Crippen molar-refractivity contribution in [1.82, 2.24) is 20.0 Å². The van der Waals surface area contributed by atoms with Crippen molar-refractivity contribution in [3.63, 3.8) is 0 Å². The summed E-state index contributed by atoms with van der Waals surface area (Å²) in [5.74, 6) is 3.46. The van der Waals surface area contributed by atoms with Crippen molar-refractivity contribution in [2.24, 2.45) is 15.9 Å². The maximum absolute atomic E-state index is 5.64. The molecule has 3 aliphatic heterocycles. The molecular weight excluding hydrogens is 452 g/mol. The Morgan fingerprint density at radius 2 is 1.69 bits per heavy atom. The summed E-state index contributed by atoms with van der Waals surface area (Å²) in [6, 6.07) is 11.0. The first-order valence-corrected chi connectivity index (χ1v) is 13.3. The summed E-state index contributed by atoms with van der Waals surface area (Å²) < 4.78 is 11.3. The molecule has 36 heavy (non-hydrogen) atoms. The third-order valence-electron chi connectivity index (χ3n) is 7.68. The summed E-state index contributed by atoms with van der Waals surface area (Å²) in [6.45, 7) is 7.26. The third-order valence-corrected chi connectivity index (χ3v) is 7.68. The van der Waals surface area contributed by atoms with Crippen molar-refractivity contribution in [1.29, 1.82) is 0 Å². The first kappa shape index (κ1) is 24.8. The van der Waals surface area contributed by atoms with Gasteiger partial charge in [0.25, 0.3) is 0 Å². The van der Waals surface area contributed by atoms with Crippen LogP contribution in [0, 0.1) is 5.92 Å². The lowest BCUT2D eigenvalue weighted by molar-refractivity contribution is 0.205. The quantitative estimate of drug-likeness (QED) is 0.682. The predicted molar refractivity (Wildman–Crippen MR) is 144 cm³/mol. The number of nitrogens with one attached hydrogen (secondary N) is 1. The molecule has 5 rings (SSSR count). The number of amidine groups is 1. The summed E-state index contributed by atoms with van der Waals surface area (Å²) in [6.07, 6.45) is 7.47. The van der Waals surface area contributed by atoms with Crippen LogP contribution in [0.25, 0.3) is 0 Å². The van der Waals surface area contributed by atoms with Gasteiger partial charge in [0.05, 0.1) is 32.2 Å². The number of likely N-dealkylation sites (tertiary alicyclic amines) is 1. The second-order valence-electron chi connectivity index (χ2n) is 10.2. The predicted octanol–water partition coefficient (Wildman–Crippen LogP) is 2.71. The SMILES string of the molecule is COC1=C[C@@H]2N=C(N3CCCN(C)CC3)NC(=NC3CCN(Cc4ccccc4)CC3)[C@H]2C=C1OC. The number of likely N-dealkylation sites (N-methyl/N-ethyl adjacent to an activating group) is 1. The highest BCUT2D eigenvalue weighted by molar-refractivity contribution is 6.04. The van der Waals surface area contributed by atoms with E-state index in [1.54, 1.807) is 14.2 Å². The largest absolute Gasteiger partial charge is 0.493 e. The third kappa shape index (κ3) is 5.76. The molecule has 0 saturated carbocycles. The molecule has 0 spiro atoms. The van der Waals surface area contributed by atoms with Gasteiger partial charge in [-0.2, -0.15) is 0 Å². The minimum Gasteiger partial charge on any atom is -0.493 e. The Morgan fingerprint density at radius 3 is 2.44 bits per heavy atom. The highest BCUT2D eigenvalue weighted by Crippen LogP contribution is 2.30. The molecule has 8 nitrogen and oxygen atoms in total. The van der Waals surface area contributed by atoms with Gasteiger partial charge >= 0.3 is 0 Å². The molecule has 1 aromatic carbocycles. The Labute approximate surface area is 215 Å². The molecule has 194 valence electrons. The molecule has 0 aromatic heterocycles. The minimum absolute atomic E-state index is 0.0274. The fourth-order valence-corrected chi connectivity index (χ4v) is 5.53. The number of ether oxygens (including phenoxy) is 2. The molecule has 0 radical (unpaired) electrons. The van der Waals surface area contributed by atoms with E-state index in [0.29, 0.717) is 6.04 Å². The van der Waals surface area contributed by atoms with Crippen LogP contribution in [0.5, 0.6) is 0 Å². The van der Waals surface area contributed by atoms with E-state index >= 15 is 0 Å². The second kappa shape index (κ2) is 11.5. The van der Waals surface area contributed by atoms with Gasteiger partial charge in [-0.05, 0) is 50.6 Å². The number of nitrogens with zero attached hydrogens (tertiary/aromatic N) is 5. The molecule has 2 atom stereocenters. The number of hydrogen-bond acceptors (Lipinski definition) is 7. The average Bonchev–Trinajstić information content (AvgIpc) is 3.14. The van der Waals surface area contributed by atoms with Crippen LogP contribution in [0.3, 0.4) is 0 Å². The van der Waals surface area contributed by atoms with Crippen molar-refractivity contribution >= 4 is 11.8 Å². The molecule has 0 amide bonds. The minimum atomic E-state index is -0.0481. The van der Waals surface area contributed by atoms with Crippen LogP contribution in [0.1, 0.15) is 24.8 Å². The van der Waals surface area contributed by atoms with E-state index in [2.05, 4.69) is 69.5 Å². The normalized spacial score (nSPS) is 27.4. The van der Waals surface area contributed by atoms with Gasteiger partial charge in [-0.25, -0.2) is 4.99 Å². The molecule has 2 saturated heterocycles. The standard InChI is InChI=1S/C28H40N6O2/c1-32-12-7-13-34(17-16-32)28-30-24-19-26(36-3)25(35-2)18-23(24)27(31-28)29-22-10-14-33(15-11-22)20-21-8-5-4-6-9-21/h4-6,8-9,18-19,22-24H,7,10-17,20H2,1-3H3,(H,29,30,31)/t23-,24-/m0/s1. The summed E-state index contributed by atoms with van der Waals surface area (Å²) >= 11 is 0. The molecule has 4 aliphatic rings. The van der Waals surface area contributed by atoms with Gasteiger partial charge in [-0.1, -0.05) is 30.3 Å². The molecule has 3 heterocycles. The molecule has 8 heteroatoms. The molecule has 0 unspecified atom stereocenters. The molecule has 2 fully saturated rings. The zero-order valence-electron chi connectivity index (χ0n) is 21.9. The molecule has 1 aromatic rings. The van der Waals surface area contributed by atoms with Gasteiger partial charge in [-0.15, -0.1) is 0 Å². The lowest BCUT2D eigenvalue weighted by atomic mass is 9.90. The van der Waals surface area contributed by atoms with Crippen molar-refractivity contribution < 1.29 is 9.47 Å². The lowest BCUT2D eigenvalue weighted by Crippen LogP contribution is -2.54. The maximum Gasteiger partial charge on any atom is 0.200 e.